The Hall–Kier alpha value is 0.975. The van der Waals surface area contributed by atoms with Crippen LogP contribution in [0.3, 0.4) is 0 Å². The number of halogens is 1. The first-order chi connectivity index (χ1) is 5.51. The Morgan fingerprint density at radius 2 is 2.08 bits per heavy atom. The van der Waals surface area contributed by atoms with Crippen molar-refractivity contribution in [2.45, 2.75) is 11.2 Å². The van der Waals surface area contributed by atoms with Gasteiger partial charge in [-0.3, -0.25) is 4.79 Å². The fourth-order valence-corrected chi connectivity index (χ4v) is 1.07. The van der Waals surface area contributed by atoms with Crippen molar-refractivity contribution >= 4 is 21.7 Å². The molecule has 0 aromatic heterocycles. The molecule has 0 fully saturated rings. The Kier molecular flexibility index (Phi) is 6.19. The molecule has 2 nitrogen and oxygen atoms in total. The van der Waals surface area contributed by atoms with Gasteiger partial charge in [-0.05, 0) is 13.0 Å². The van der Waals surface area contributed by atoms with E-state index >= 15 is 0 Å². The quantitative estimate of drug-likeness (QED) is 0.489. The Morgan fingerprint density at radius 3 is 2.69 bits per heavy atom. The predicted molar refractivity (Wildman–Crippen MR) is 48.7 cm³/mol. The predicted octanol–water partition coefficient (Wildman–Crippen LogP) is -1.92. The molecular weight excluding hydrogens is 305 g/mol. The van der Waals surface area contributed by atoms with Crippen LogP contribution in [0.15, 0.2) is 36.1 Å². The van der Waals surface area contributed by atoms with Crippen molar-refractivity contribution in [2.75, 3.05) is 0 Å². The first-order valence-electron chi connectivity index (χ1n) is 3.50. The van der Waals surface area contributed by atoms with E-state index in [1.54, 1.807) is 18.2 Å². The molecule has 13 heavy (non-hydrogen) atoms. The molecule has 0 aliphatic heterocycles. The minimum Gasteiger partial charge on any atom is -0.870 e. The van der Waals surface area contributed by atoms with Gasteiger partial charge in [-0.1, -0.05) is 46.0 Å². The van der Waals surface area contributed by atoms with E-state index in [9.17, 15) is 9.90 Å². The van der Waals surface area contributed by atoms with Crippen molar-refractivity contribution in [3.05, 3.63) is 36.1 Å². The molecule has 1 rings (SSSR count). The van der Waals surface area contributed by atoms with E-state index in [4.69, 9.17) is 0 Å². The molecule has 0 aromatic carbocycles. The molecule has 1 atom stereocenters. The number of hydrogen-bond acceptors (Lipinski definition) is 2. The number of carbonyl (C=O) groups excluding carboxylic acids is 1. The van der Waals surface area contributed by atoms with E-state index in [0.29, 0.717) is 0 Å². The molecule has 1 unspecified atom stereocenters. The molecule has 1 aliphatic rings. The van der Waals surface area contributed by atoms with E-state index < -0.39 is 11.5 Å². The molecule has 0 saturated heterocycles. The third kappa shape index (κ3) is 4.84. The summed E-state index contributed by atoms with van der Waals surface area (Å²) in [6.45, 7) is 1.89. The Balaban J connectivity index is 0.00000144. The van der Waals surface area contributed by atoms with Crippen LogP contribution in [0.25, 0.3) is 0 Å². The second-order valence-corrected chi connectivity index (χ2v) is 4.45. The van der Waals surface area contributed by atoms with Crippen LogP contribution >= 0.6 is 15.9 Å². The summed E-state index contributed by atoms with van der Waals surface area (Å²) in [7, 11) is 0. The summed E-state index contributed by atoms with van der Waals surface area (Å²) in [5.74, 6) is -0.962. The van der Waals surface area contributed by atoms with Gasteiger partial charge in [0.15, 0.2) is 5.78 Å². The van der Waals surface area contributed by atoms with Crippen LogP contribution in [-0.4, -0.2) is 10.1 Å². The topological polar surface area (TPSA) is 40.1 Å². The molecule has 0 N–H and O–H groups in total. The van der Waals surface area contributed by atoms with E-state index in [0.717, 1.165) is 0 Å². The van der Waals surface area contributed by atoms with Crippen LogP contribution in [0.5, 0.6) is 0 Å². The maximum atomic E-state index is 10.9. The van der Waals surface area contributed by atoms with Crippen molar-refractivity contribution in [1.29, 1.82) is 0 Å². The maximum Gasteiger partial charge on any atom is 1.00 e. The molecule has 0 saturated carbocycles. The zero-order valence-electron chi connectivity index (χ0n) is 7.58. The number of rotatable bonds is 0. The number of ketones is 1. The molecule has 0 amide bonds. The molecule has 4 heteroatoms. The van der Waals surface area contributed by atoms with Crippen LogP contribution in [0, 0.1) is 0 Å². The Labute approximate surface area is 135 Å². The molecule has 0 heterocycles. The molecule has 1 aliphatic carbocycles. The first-order valence-corrected chi connectivity index (χ1v) is 4.29. The van der Waals surface area contributed by atoms with Gasteiger partial charge in [0.2, 0.25) is 0 Å². The van der Waals surface area contributed by atoms with E-state index in [1.807, 2.05) is 6.92 Å². The Morgan fingerprint density at radius 1 is 1.46 bits per heavy atom. The summed E-state index contributed by atoms with van der Waals surface area (Å²) in [5.41, 5.74) is 0. The summed E-state index contributed by atoms with van der Waals surface area (Å²) >= 11 is 3.37. The summed E-state index contributed by atoms with van der Waals surface area (Å²) in [5, 5.41) is 10.9. The minimum atomic E-state index is -0.481. The fourth-order valence-electron chi connectivity index (χ4n) is 0.782. The molecule has 0 bridgehead atoms. The summed E-state index contributed by atoms with van der Waals surface area (Å²) in [4.78, 5) is 10.9. The zero-order valence-corrected chi connectivity index (χ0v) is 14.1. The van der Waals surface area contributed by atoms with Crippen LogP contribution in [-0.2, 0) is 4.79 Å². The molecule has 0 spiro atoms. The van der Waals surface area contributed by atoms with Crippen LogP contribution in [0.1, 0.15) is 6.92 Å². The van der Waals surface area contributed by atoms with Gasteiger partial charge in [0.05, 0.1) is 4.32 Å². The average molecular weight is 314 g/mol. The normalized spacial score (nSPS) is 36.2. The van der Waals surface area contributed by atoms with E-state index in [1.165, 1.54) is 12.2 Å². The number of carbonyl (C=O) groups is 1. The van der Waals surface area contributed by atoms with Crippen molar-refractivity contribution in [3.8, 4) is 0 Å². The second-order valence-electron chi connectivity index (χ2n) is 2.74. The molecular formula is C9H8BrO2Rb. The van der Waals surface area contributed by atoms with Gasteiger partial charge in [-0.25, -0.2) is 0 Å². The molecule has 64 valence electrons. The van der Waals surface area contributed by atoms with Crippen LogP contribution in [0.2, 0.25) is 0 Å². The monoisotopic (exact) mass is 312 g/mol. The SMILES string of the molecule is CC1(Br)/C=C\C=C(\[O-])C(=O)/C=C\1.[Rb+]. The third-order valence-corrected chi connectivity index (χ3v) is 2.00. The Bertz CT molecular complexity index is 290. The first kappa shape index (κ1) is 14.0. The number of allylic oxidation sites excluding steroid dienone is 5. The van der Waals surface area contributed by atoms with E-state index in [-0.39, 0.29) is 62.5 Å². The zero-order chi connectivity index (χ0) is 9.19. The third-order valence-electron chi connectivity index (χ3n) is 1.47. The van der Waals surface area contributed by atoms with Gasteiger partial charge < -0.3 is 5.11 Å². The minimum absolute atomic E-state index is 0. The molecule has 0 radical (unpaired) electrons. The van der Waals surface area contributed by atoms with Crippen molar-refractivity contribution in [1.82, 2.24) is 0 Å². The summed E-state index contributed by atoms with van der Waals surface area (Å²) < 4.78 is -0.333. The van der Waals surface area contributed by atoms with E-state index in [2.05, 4.69) is 15.9 Å². The summed E-state index contributed by atoms with van der Waals surface area (Å²) in [6, 6.07) is 0. The van der Waals surface area contributed by atoms with Gasteiger partial charge >= 0.3 is 58.2 Å². The smallest absolute Gasteiger partial charge is 0.870 e. The van der Waals surface area contributed by atoms with Crippen molar-refractivity contribution in [2.24, 2.45) is 0 Å². The largest absolute Gasteiger partial charge is 1.00 e. The van der Waals surface area contributed by atoms with Gasteiger partial charge in [0.25, 0.3) is 0 Å². The summed E-state index contributed by atoms with van der Waals surface area (Å²) in [6.07, 6.45) is 7.59. The second kappa shape index (κ2) is 5.76. The number of hydrogen-bond donors (Lipinski definition) is 0. The molecule has 0 aromatic rings. The van der Waals surface area contributed by atoms with Gasteiger partial charge in [0, 0.05) is 0 Å². The average Bonchev–Trinajstić information content (AvgIpc) is 1.98. The van der Waals surface area contributed by atoms with Crippen molar-refractivity contribution in [3.63, 3.8) is 0 Å². The maximum absolute atomic E-state index is 10.9. The van der Waals surface area contributed by atoms with Crippen molar-refractivity contribution < 1.29 is 68.1 Å². The number of alkyl halides is 1. The van der Waals surface area contributed by atoms with Gasteiger partial charge in [-0.15, -0.1) is 0 Å². The van der Waals surface area contributed by atoms with Gasteiger partial charge in [0.1, 0.15) is 0 Å². The van der Waals surface area contributed by atoms with Crippen LogP contribution in [0.4, 0.5) is 0 Å². The fraction of sp³-hybridized carbons (Fsp3) is 0.222. The van der Waals surface area contributed by atoms with Gasteiger partial charge in [-0.2, -0.15) is 0 Å². The standard InChI is InChI=1S/C9H9BrO2.Rb/c1-9(10)5-2-3-7(11)8(12)4-6-9;/h2-6,11H,1H3;/q;+1/p-1/b5-2-,6-4-,7-3+;. The van der Waals surface area contributed by atoms with Crippen LogP contribution < -0.4 is 63.3 Å².